The average Bonchev–Trinajstić information content (AvgIpc) is 0.918. The molecule has 2 nitrogen and oxygen atoms in total. The van der Waals surface area contributed by atoms with Crippen LogP contribution >= 0.6 is 0 Å². The molecule has 0 bridgehead atoms. The Bertz CT molecular complexity index is 13.5. The minimum Gasteiger partial charge on any atom is -0.390 e. The summed E-state index contributed by atoms with van der Waals surface area (Å²) in [5.41, 5.74) is 4.39. The van der Waals surface area contributed by atoms with Gasteiger partial charge in [-0.15, -0.1) is 0 Å². The second-order valence-corrected chi connectivity index (χ2v) is 0.167. The number of nitrogens with two attached hydrogens (primary N) is 1. The minimum absolute atomic E-state index is 0. The van der Waals surface area contributed by atoms with E-state index >= 15 is 0 Å². The predicted octanol–water partition coefficient (Wildman–Crippen LogP) is -0.829. The molecule has 0 heterocycles. The summed E-state index contributed by atoms with van der Waals surface area (Å²) in [5.74, 6) is 0. The summed E-state index contributed by atoms with van der Waals surface area (Å²) < 4.78 is 0. The normalized spacial score (nSPS) is 3.00. The Hall–Kier alpha value is 1.52. The fourth-order valence-corrected chi connectivity index (χ4v) is 0. The Balaban J connectivity index is 0. The van der Waals surface area contributed by atoms with Crippen LogP contribution in [0.4, 0.5) is 0 Å². The average molecular weight is 177 g/mol. The molecule has 0 amide bonds. The molecule has 0 aromatic rings. The maximum absolute atomic E-state index is 5.86. The molecule has 0 fully saturated rings. The van der Waals surface area contributed by atoms with Crippen molar-refractivity contribution in [3.05, 3.63) is 0 Å². The molecular formula is CH4CsN2. The molecule has 0 aromatic heterocycles. The van der Waals surface area contributed by atoms with E-state index < -0.39 is 0 Å². The maximum Gasteiger partial charge on any atom is 0.0765 e. The molecule has 0 saturated heterocycles. The molecule has 0 atom stereocenters. The monoisotopic (exact) mass is 177 g/mol. The van der Waals surface area contributed by atoms with E-state index in [1.54, 1.807) is 0 Å². The first-order valence-electron chi connectivity index (χ1n) is 0.622. The van der Waals surface area contributed by atoms with Crippen LogP contribution in [-0.2, 0) is 0 Å². The molecule has 0 aliphatic carbocycles. The summed E-state index contributed by atoms with van der Waals surface area (Å²) in [7, 11) is 0. The Kier molecular flexibility index (Phi) is 20.1. The van der Waals surface area contributed by atoms with Crippen LogP contribution in [0.5, 0.6) is 0 Å². The van der Waals surface area contributed by atoms with Gasteiger partial charge in [0.25, 0.3) is 0 Å². The smallest absolute Gasteiger partial charge is 0.0765 e. The third-order valence-corrected chi connectivity index (χ3v) is 0. The molecule has 0 aliphatic rings. The summed E-state index contributed by atoms with van der Waals surface area (Å²) in [5, 5.41) is 5.86. The molecule has 0 aromatic carbocycles. The molecule has 0 spiro atoms. The zero-order valence-corrected chi connectivity index (χ0v) is 8.93. The largest absolute Gasteiger partial charge is 0.390 e. The Morgan fingerprint density at radius 1 is 1.75 bits per heavy atom. The molecule has 0 saturated carbocycles. The van der Waals surface area contributed by atoms with E-state index in [1.807, 2.05) is 0 Å². The summed E-state index contributed by atoms with van der Waals surface area (Å²) in [4.78, 5) is 0. The maximum atomic E-state index is 5.86. The van der Waals surface area contributed by atoms with Crippen LogP contribution in [0.1, 0.15) is 0 Å². The van der Waals surface area contributed by atoms with Crippen LogP contribution in [0.2, 0.25) is 0 Å². The van der Waals surface area contributed by atoms with Gasteiger partial charge in [0.05, 0.1) is 6.34 Å². The topological polar surface area (TPSA) is 49.9 Å². The Morgan fingerprint density at radius 3 is 1.75 bits per heavy atom. The van der Waals surface area contributed by atoms with Crippen LogP contribution < -0.4 is 5.73 Å². The fraction of sp³-hybridized carbons (Fsp3) is 0. The Labute approximate surface area is 84.1 Å². The molecule has 0 unspecified atom stereocenters. The van der Waals surface area contributed by atoms with E-state index in [-0.39, 0.29) is 68.9 Å². The van der Waals surface area contributed by atoms with Crippen molar-refractivity contribution in [3.8, 4) is 0 Å². The first kappa shape index (κ1) is 9.10. The van der Waals surface area contributed by atoms with E-state index in [1.165, 1.54) is 0 Å². The van der Waals surface area contributed by atoms with Gasteiger partial charge >= 0.3 is 0 Å². The van der Waals surface area contributed by atoms with Crippen molar-refractivity contribution in [3.63, 3.8) is 0 Å². The summed E-state index contributed by atoms with van der Waals surface area (Å²) in [6.07, 6.45) is 0.750. The summed E-state index contributed by atoms with van der Waals surface area (Å²) in [6, 6.07) is 0. The second-order valence-electron chi connectivity index (χ2n) is 0.167. The van der Waals surface area contributed by atoms with Crippen molar-refractivity contribution < 1.29 is 0 Å². The van der Waals surface area contributed by atoms with Crippen molar-refractivity contribution >= 4 is 75.2 Å². The van der Waals surface area contributed by atoms with Crippen LogP contribution in [0.15, 0.2) is 0 Å². The molecule has 0 rings (SSSR count). The van der Waals surface area contributed by atoms with Crippen molar-refractivity contribution in [1.82, 2.24) is 0 Å². The molecule has 3 heteroatoms. The van der Waals surface area contributed by atoms with Gasteiger partial charge in [0.15, 0.2) is 0 Å². The zero-order valence-electron chi connectivity index (χ0n) is 2.65. The van der Waals surface area contributed by atoms with Gasteiger partial charge in [-0.05, 0) is 0 Å². The number of hydrogen-bond donors (Lipinski definition) is 2. The Morgan fingerprint density at radius 2 is 1.75 bits per heavy atom. The quantitative estimate of drug-likeness (QED) is 0.368. The molecule has 1 radical (unpaired) electrons. The van der Waals surface area contributed by atoms with Crippen LogP contribution in [0, 0.1) is 5.41 Å². The van der Waals surface area contributed by atoms with E-state index in [2.05, 4.69) is 5.73 Å². The molecular weight excluding hydrogens is 173 g/mol. The van der Waals surface area contributed by atoms with Crippen molar-refractivity contribution in [2.75, 3.05) is 0 Å². The molecule has 3 N–H and O–H groups in total. The van der Waals surface area contributed by atoms with E-state index in [0.29, 0.717) is 0 Å². The van der Waals surface area contributed by atoms with Crippen molar-refractivity contribution in [2.45, 2.75) is 0 Å². The zero-order chi connectivity index (χ0) is 2.71. The van der Waals surface area contributed by atoms with Gasteiger partial charge in [-0.2, -0.15) is 0 Å². The van der Waals surface area contributed by atoms with Crippen LogP contribution in [0.3, 0.4) is 0 Å². The third kappa shape index (κ3) is 9.67. The molecule has 0 aliphatic heterocycles. The molecule has 4 heavy (non-hydrogen) atoms. The van der Waals surface area contributed by atoms with Crippen LogP contribution in [-0.4, -0.2) is 75.2 Å². The fourth-order valence-electron chi connectivity index (χ4n) is 0. The van der Waals surface area contributed by atoms with Crippen molar-refractivity contribution in [2.24, 2.45) is 5.73 Å². The summed E-state index contributed by atoms with van der Waals surface area (Å²) >= 11 is 0. The standard InChI is InChI=1S/CH4N2.Cs/c2-1-3;/h1H,(H3,2,3);. The first-order valence-corrected chi connectivity index (χ1v) is 0.622. The molecule has 19 valence electrons. The number of hydrogen-bond acceptors (Lipinski definition) is 1. The van der Waals surface area contributed by atoms with Gasteiger partial charge in [0.2, 0.25) is 0 Å². The minimum atomic E-state index is 0. The summed E-state index contributed by atoms with van der Waals surface area (Å²) in [6.45, 7) is 0. The second kappa shape index (κ2) is 8.82. The van der Waals surface area contributed by atoms with Gasteiger partial charge in [-0.25, -0.2) is 0 Å². The van der Waals surface area contributed by atoms with Gasteiger partial charge in [-0.1, -0.05) is 0 Å². The number of rotatable bonds is 0. The van der Waals surface area contributed by atoms with Crippen LogP contribution in [0.25, 0.3) is 0 Å². The van der Waals surface area contributed by atoms with E-state index in [4.69, 9.17) is 5.41 Å². The van der Waals surface area contributed by atoms with E-state index in [0.717, 1.165) is 6.34 Å². The SMILES string of the molecule is N=CN.[Cs]. The third-order valence-electron chi connectivity index (χ3n) is 0. The van der Waals surface area contributed by atoms with Gasteiger partial charge < -0.3 is 5.73 Å². The van der Waals surface area contributed by atoms with E-state index in [9.17, 15) is 0 Å². The van der Waals surface area contributed by atoms with Gasteiger partial charge in [0, 0.05) is 68.9 Å². The van der Waals surface area contributed by atoms with Gasteiger partial charge in [-0.3, -0.25) is 5.41 Å². The number of nitrogens with one attached hydrogen (secondary N) is 1. The van der Waals surface area contributed by atoms with Crippen molar-refractivity contribution in [1.29, 1.82) is 5.41 Å². The predicted molar refractivity (Wildman–Crippen MR) is 18.7 cm³/mol. The van der Waals surface area contributed by atoms with Gasteiger partial charge in [0.1, 0.15) is 0 Å². The first-order chi connectivity index (χ1) is 1.41.